The lowest BCUT2D eigenvalue weighted by atomic mass is 10.1. The standard InChI is InChI=1S/C21H15F3N2O3S/c1-28-15-7-8-17-18(11-15)30-20(25-17)26(12-16-6-3-9-29-16)19(27)13-4-2-5-14(10-13)21(22,23)24/h2-11H,12H2,1H3. The zero-order valence-corrected chi connectivity index (χ0v) is 16.5. The molecule has 0 aliphatic heterocycles. The van der Waals surface area contributed by atoms with Crippen molar-refractivity contribution < 1.29 is 27.1 Å². The Morgan fingerprint density at radius 3 is 2.70 bits per heavy atom. The molecule has 0 saturated carbocycles. The van der Waals surface area contributed by atoms with Gasteiger partial charge >= 0.3 is 6.18 Å². The average molecular weight is 432 g/mol. The summed E-state index contributed by atoms with van der Waals surface area (Å²) in [5, 5.41) is 0.345. The van der Waals surface area contributed by atoms with Gasteiger partial charge in [0.05, 0.1) is 35.7 Å². The molecule has 5 nitrogen and oxygen atoms in total. The largest absolute Gasteiger partial charge is 0.497 e. The number of benzene rings is 2. The van der Waals surface area contributed by atoms with Gasteiger partial charge in [-0.25, -0.2) is 4.98 Å². The first-order valence-corrected chi connectivity index (χ1v) is 9.63. The number of rotatable bonds is 5. The molecule has 2 aromatic heterocycles. The fraction of sp³-hybridized carbons (Fsp3) is 0.143. The first-order valence-electron chi connectivity index (χ1n) is 8.81. The van der Waals surface area contributed by atoms with E-state index in [0.717, 1.165) is 16.8 Å². The van der Waals surface area contributed by atoms with E-state index < -0.39 is 17.6 Å². The number of furan rings is 1. The van der Waals surface area contributed by atoms with Crippen molar-refractivity contribution in [1.29, 1.82) is 0 Å². The normalized spacial score (nSPS) is 11.6. The molecule has 0 aliphatic carbocycles. The molecule has 0 radical (unpaired) electrons. The number of carbonyl (C=O) groups is 1. The summed E-state index contributed by atoms with van der Waals surface area (Å²) in [6.07, 6.45) is -3.08. The number of fused-ring (bicyclic) bond motifs is 1. The minimum atomic E-state index is -4.55. The van der Waals surface area contributed by atoms with Crippen LogP contribution in [0.4, 0.5) is 18.3 Å². The Hall–Kier alpha value is -3.33. The maximum Gasteiger partial charge on any atom is 0.416 e. The monoisotopic (exact) mass is 432 g/mol. The number of thiazole rings is 1. The van der Waals surface area contributed by atoms with Gasteiger partial charge in [0, 0.05) is 5.56 Å². The van der Waals surface area contributed by atoms with Crippen LogP contribution in [0.3, 0.4) is 0 Å². The van der Waals surface area contributed by atoms with Crippen LogP contribution in [-0.2, 0) is 12.7 Å². The van der Waals surface area contributed by atoms with Gasteiger partial charge in [-0.3, -0.25) is 9.69 Å². The van der Waals surface area contributed by atoms with Gasteiger partial charge in [0.15, 0.2) is 5.13 Å². The van der Waals surface area contributed by atoms with Crippen LogP contribution in [0.25, 0.3) is 10.2 Å². The number of halogens is 3. The van der Waals surface area contributed by atoms with E-state index in [1.165, 1.54) is 34.6 Å². The molecule has 1 amide bonds. The van der Waals surface area contributed by atoms with Crippen LogP contribution in [0, 0.1) is 0 Å². The summed E-state index contributed by atoms with van der Waals surface area (Å²) in [6, 6.07) is 13.0. The van der Waals surface area contributed by atoms with E-state index in [1.807, 2.05) is 0 Å². The highest BCUT2D eigenvalue weighted by Crippen LogP contribution is 2.34. The first-order chi connectivity index (χ1) is 14.3. The zero-order chi connectivity index (χ0) is 21.3. The first kappa shape index (κ1) is 20.0. The second-order valence-corrected chi connectivity index (χ2v) is 7.39. The lowest BCUT2D eigenvalue weighted by Gasteiger charge is -2.19. The number of alkyl halides is 3. The van der Waals surface area contributed by atoms with E-state index in [0.29, 0.717) is 22.2 Å². The Morgan fingerprint density at radius 1 is 1.17 bits per heavy atom. The Labute approximate surface area is 173 Å². The minimum Gasteiger partial charge on any atom is -0.497 e. The van der Waals surface area contributed by atoms with Gasteiger partial charge < -0.3 is 9.15 Å². The van der Waals surface area contributed by atoms with Crippen molar-refractivity contribution in [2.24, 2.45) is 0 Å². The fourth-order valence-electron chi connectivity index (χ4n) is 2.90. The quantitative estimate of drug-likeness (QED) is 0.402. The van der Waals surface area contributed by atoms with Gasteiger partial charge in [-0.2, -0.15) is 13.2 Å². The van der Waals surface area contributed by atoms with Crippen molar-refractivity contribution in [3.8, 4) is 5.75 Å². The molecule has 30 heavy (non-hydrogen) atoms. The highest BCUT2D eigenvalue weighted by atomic mass is 32.1. The number of aromatic nitrogens is 1. The molecule has 0 spiro atoms. The number of nitrogens with zero attached hydrogens (tertiary/aromatic N) is 2. The Bertz CT molecular complexity index is 1190. The molecule has 2 aromatic carbocycles. The predicted octanol–water partition coefficient (Wildman–Crippen LogP) is 5.76. The van der Waals surface area contributed by atoms with E-state index in [-0.39, 0.29) is 12.1 Å². The fourth-order valence-corrected chi connectivity index (χ4v) is 3.90. The third-order valence-electron chi connectivity index (χ3n) is 4.39. The van der Waals surface area contributed by atoms with Crippen LogP contribution in [0.15, 0.2) is 65.3 Å². The minimum absolute atomic E-state index is 0.0268. The third kappa shape index (κ3) is 4.02. The highest BCUT2D eigenvalue weighted by molar-refractivity contribution is 7.22. The van der Waals surface area contributed by atoms with Crippen LogP contribution in [0.2, 0.25) is 0 Å². The number of amides is 1. The number of anilines is 1. The number of ether oxygens (including phenoxy) is 1. The van der Waals surface area contributed by atoms with Gasteiger partial charge in [0.25, 0.3) is 5.91 Å². The molecule has 0 bridgehead atoms. The SMILES string of the molecule is COc1ccc2nc(N(Cc3ccco3)C(=O)c3cccc(C(F)(F)F)c3)sc2c1. The van der Waals surface area contributed by atoms with Crippen molar-refractivity contribution in [2.45, 2.75) is 12.7 Å². The van der Waals surface area contributed by atoms with E-state index in [4.69, 9.17) is 9.15 Å². The van der Waals surface area contributed by atoms with Gasteiger partial charge in [0.1, 0.15) is 11.5 Å². The molecular formula is C21H15F3N2O3S. The zero-order valence-electron chi connectivity index (χ0n) is 15.6. The van der Waals surface area contributed by atoms with E-state index in [2.05, 4.69) is 4.98 Å². The third-order valence-corrected chi connectivity index (χ3v) is 5.43. The highest BCUT2D eigenvalue weighted by Gasteiger charge is 2.32. The van der Waals surface area contributed by atoms with Crippen LogP contribution in [0.1, 0.15) is 21.7 Å². The maximum absolute atomic E-state index is 13.2. The van der Waals surface area contributed by atoms with Gasteiger partial charge in [0.2, 0.25) is 0 Å². The van der Waals surface area contributed by atoms with Gasteiger partial charge in [-0.05, 0) is 48.5 Å². The van der Waals surface area contributed by atoms with Crippen LogP contribution in [-0.4, -0.2) is 18.0 Å². The molecule has 0 N–H and O–H groups in total. The molecule has 0 atom stereocenters. The number of methoxy groups -OCH3 is 1. The lowest BCUT2D eigenvalue weighted by molar-refractivity contribution is -0.137. The molecular weight excluding hydrogens is 417 g/mol. The Morgan fingerprint density at radius 2 is 2.00 bits per heavy atom. The molecule has 2 heterocycles. The van der Waals surface area contributed by atoms with Crippen molar-refractivity contribution in [2.75, 3.05) is 12.0 Å². The number of carbonyl (C=O) groups excluding carboxylic acids is 1. The van der Waals surface area contributed by atoms with Crippen molar-refractivity contribution in [3.05, 3.63) is 77.7 Å². The maximum atomic E-state index is 13.2. The van der Waals surface area contributed by atoms with E-state index >= 15 is 0 Å². The smallest absolute Gasteiger partial charge is 0.416 e. The second kappa shape index (κ2) is 7.83. The topological polar surface area (TPSA) is 55.6 Å². The van der Waals surface area contributed by atoms with Crippen LogP contribution < -0.4 is 9.64 Å². The summed E-state index contributed by atoms with van der Waals surface area (Å²) < 4.78 is 50.7. The molecule has 9 heteroatoms. The molecule has 0 aliphatic rings. The van der Waals surface area contributed by atoms with Gasteiger partial charge in [-0.1, -0.05) is 17.4 Å². The summed E-state index contributed by atoms with van der Waals surface area (Å²) in [5.41, 5.74) is -0.328. The predicted molar refractivity (Wildman–Crippen MR) is 107 cm³/mol. The summed E-state index contributed by atoms with van der Waals surface area (Å²) in [7, 11) is 1.55. The molecule has 154 valence electrons. The van der Waals surface area contributed by atoms with Crippen molar-refractivity contribution in [1.82, 2.24) is 4.98 Å². The molecule has 4 rings (SSSR count). The number of hydrogen-bond acceptors (Lipinski definition) is 5. The average Bonchev–Trinajstić information content (AvgIpc) is 3.39. The summed E-state index contributed by atoms with van der Waals surface area (Å²) >= 11 is 1.24. The van der Waals surface area contributed by atoms with E-state index in [9.17, 15) is 18.0 Å². The van der Waals surface area contributed by atoms with E-state index in [1.54, 1.807) is 37.4 Å². The second-order valence-electron chi connectivity index (χ2n) is 6.38. The molecule has 0 saturated heterocycles. The Balaban J connectivity index is 1.76. The van der Waals surface area contributed by atoms with Crippen molar-refractivity contribution in [3.63, 3.8) is 0 Å². The van der Waals surface area contributed by atoms with Crippen LogP contribution >= 0.6 is 11.3 Å². The van der Waals surface area contributed by atoms with Gasteiger partial charge in [-0.15, -0.1) is 0 Å². The Kier molecular flexibility index (Phi) is 5.21. The summed E-state index contributed by atoms with van der Waals surface area (Å²) in [5.74, 6) is 0.509. The summed E-state index contributed by atoms with van der Waals surface area (Å²) in [6.45, 7) is 0.0268. The summed E-state index contributed by atoms with van der Waals surface area (Å²) in [4.78, 5) is 19.0. The van der Waals surface area contributed by atoms with Crippen LogP contribution in [0.5, 0.6) is 5.75 Å². The molecule has 0 unspecified atom stereocenters. The lowest BCUT2D eigenvalue weighted by Crippen LogP contribution is -2.30. The molecule has 0 fully saturated rings. The number of hydrogen-bond donors (Lipinski definition) is 0. The molecule has 4 aromatic rings. The van der Waals surface area contributed by atoms with Crippen molar-refractivity contribution >= 4 is 32.6 Å².